The van der Waals surface area contributed by atoms with Crippen LogP contribution in [-0.4, -0.2) is 41.9 Å². The Hall–Kier alpha value is -3.31. The van der Waals surface area contributed by atoms with Crippen molar-refractivity contribution in [2.45, 2.75) is 13.5 Å². The summed E-state index contributed by atoms with van der Waals surface area (Å²) < 4.78 is 2.48. The van der Waals surface area contributed by atoms with Crippen molar-refractivity contribution in [2.24, 2.45) is 7.05 Å². The molecule has 0 radical (unpaired) electrons. The third-order valence-corrected chi connectivity index (χ3v) is 3.10. The van der Waals surface area contributed by atoms with Gasteiger partial charge >= 0.3 is 11.5 Å². The lowest BCUT2D eigenvalue weighted by Gasteiger charge is -2.04. The molecule has 0 bridgehead atoms. The van der Waals surface area contributed by atoms with Gasteiger partial charge in [0.05, 0.1) is 28.3 Å². The fourth-order valence-electron chi connectivity index (χ4n) is 1.99. The van der Waals surface area contributed by atoms with E-state index >= 15 is 0 Å². The van der Waals surface area contributed by atoms with Crippen LogP contribution in [0.2, 0.25) is 0 Å². The van der Waals surface area contributed by atoms with Crippen LogP contribution in [0, 0.1) is 27.2 Å². The Bertz CT molecular complexity index is 778. The summed E-state index contributed by atoms with van der Waals surface area (Å²) in [7, 11) is 1.42. The van der Waals surface area contributed by atoms with Crippen LogP contribution >= 0.6 is 0 Å². The minimum Gasteiger partial charge on any atom is -0.358 e. The van der Waals surface area contributed by atoms with Crippen LogP contribution in [0.3, 0.4) is 0 Å². The van der Waals surface area contributed by atoms with Crippen molar-refractivity contribution in [1.82, 2.24) is 24.9 Å². The topological polar surface area (TPSA) is 151 Å². The molecule has 2 rings (SSSR count). The highest BCUT2D eigenvalue weighted by Gasteiger charge is 2.25. The van der Waals surface area contributed by atoms with Gasteiger partial charge in [-0.3, -0.25) is 19.6 Å². The van der Waals surface area contributed by atoms with Crippen LogP contribution in [0.5, 0.6) is 0 Å². The summed E-state index contributed by atoms with van der Waals surface area (Å²) >= 11 is 0. The monoisotopic (exact) mass is 323 g/mol. The minimum atomic E-state index is -0.692. The standard InChI is InChI=1S/C11H13N7O5/c1-7-5-9(18(22)23)14-16(7)4-3-12-11(19)10-8(17(20)21)6-13-15(10)2/h5-6H,3-4H2,1-2H3,(H,12,19). The molecule has 12 nitrogen and oxygen atoms in total. The number of aromatic nitrogens is 4. The lowest BCUT2D eigenvalue weighted by Crippen LogP contribution is -2.29. The molecule has 0 aliphatic rings. The molecule has 0 aromatic carbocycles. The van der Waals surface area contributed by atoms with Crippen LogP contribution in [0.15, 0.2) is 12.3 Å². The summed E-state index contributed by atoms with van der Waals surface area (Å²) in [6.07, 6.45) is 0.996. The highest BCUT2D eigenvalue weighted by Crippen LogP contribution is 2.16. The molecule has 2 aromatic rings. The fraction of sp³-hybridized carbons (Fsp3) is 0.364. The smallest absolute Gasteiger partial charge is 0.358 e. The number of carbonyl (C=O) groups excluding carboxylic acids is 1. The van der Waals surface area contributed by atoms with Crippen LogP contribution in [0.4, 0.5) is 11.5 Å². The van der Waals surface area contributed by atoms with E-state index in [9.17, 15) is 25.0 Å². The predicted molar refractivity (Wildman–Crippen MR) is 75.8 cm³/mol. The van der Waals surface area contributed by atoms with Crippen molar-refractivity contribution < 1.29 is 14.6 Å². The maximum absolute atomic E-state index is 12.0. The number of rotatable bonds is 6. The SMILES string of the molecule is Cc1cc([N+](=O)[O-])nn1CCNC(=O)c1c([N+](=O)[O-])cnn1C. The zero-order valence-electron chi connectivity index (χ0n) is 12.3. The molecule has 0 fully saturated rings. The zero-order valence-corrected chi connectivity index (χ0v) is 12.3. The molecule has 1 N–H and O–H groups in total. The van der Waals surface area contributed by atoms with Gasteiger partial charge in [-0.1, -0.05) is 0 Å². The minimum absolute atomic E-state index is 0.0981. The van der Waals surface area contributed by atoms with Crippen LogP contribution in [0.25, 0.3) is 0 Å². The van der Waals surface area contributed by atoms with Crippen molar-refractivity contribution >= 4 is 17.4 Å². The molecule has 0 unspecified atom stereocenters. The van der Waals surface area contributed by atoms with E-state index in [1.807, 2.05) is 0 Å². The maximum Gasteiger partial charge on any atom is 0.390 e. The van der Waals surface area contributed by atoms with Gasteiger partial charge in [-0.05, 0) is 11.8 Å². The highest BCUT2D eigenvalue weighted by molar-refractivity contribution is 5.96. The van der Waals surface area contributed by atoms with Gasteiger partial charge in [0.25, 0.3) is 5.91 Å². The number of amides is 1. The predicted octanol–water partition coefficient (Wildman–Crippen LogP) is 0.171. The molecule has 0 aliphatic carbocycles. The molecule has 0 aliphatic heterocycles. The third kappa shape index (κ3) is 3.30. The van der Waals surface area contributed by atoms with Crippen molar-refractivity contribution in [3.8, 4) is 0 Å². The maximum atomic E-state index is 12.0. The number of aryl methyl sites for hydroxylation is 2. The molecule has 0 saturated heterocycles. The molecule has 12 heteroatoms. The van der Waals surface area contributed by atoms with E-state index in [2.05, 4.69) is 15.5 Å². The van der Waals surface area contributed by atoms with Gasteiger partial charge in [-0.25, -0.2) is 0 Å². The number of hydrogen-bond acceptors (Lipinski definition) is 7. The molecule has 1 amide bonds. The van der Waals surface area contributed by atoms with Gasteiger partial charge in [-0.15, -0.1) is 0 Å². The number of nitrogens with one attached hydrogen (secondary N) is 1. The molecule has 2 heterocycles. The number of hydrogen-bond donors (Lipinski definition) is 1. The van der Waals surface area contributed by atoms with E-state index in [0.717, 1.165) is 10.9 Å². The zero-order chi connectivity index (χ0) is 17.1. The largest absolute Gasteiger partial charge is 0.390 e. The van der Waals surface area contributed by atoms with Crippen LogP contribution < -0.4 is 5.32 Å². The second-order valence-electron chi connectivity index (χ2n) is 4.64. The fourth-order valence-corrected chi connectivity index (χ4v) is 1.99. The van der Waals surface area contributed by atoms with E-state index in [1.54, 1.807) is 6.92 Å². The lowest BCUT2D eigenvalue weighted by atomic mass is 10.3. The second-order valence-corrected chi connectivity index (χ2v) is 4.64. The first-order valence-electron chi connectivity index (χ1n) is 6.44. The molecular weight excluding hydrogens is 310 g/mol. The summed E-state index contributed by atoms with van der Waals surface area (Å²) in [5, 5.41) is 31.4. The van der Waals surface area contributed by atoms with Gasteiger partial charge in [0.15, 0.2) is 0 Å². The first-order chi connectivity index (χ1) is 10.8. The van der Waals surface area contributed by atoms with Gasteiger partial charge < -0.3 is 15.4 Å². The second kappa shape index (κ2) is 6.21. The number of carbonyl (C=O) groups is 1. The summed E-state index contributed by atoms with van der Waals surface area (Å²) in [5.41, 5.74) is 0.00605. The summed E-state index contributed by atoms with van der Waals surface area (Å²) in [5.74, 6) is -0.938. The van der Waals surface area contributed by atoms with Gasteiger partial charge in [0.1, 0.15) is 6.20 Å². The van der Waals surface area contributed by atoms with E-state index in [4.69, 9.17) is 0 Å². The molecular formula is C11H13N7O5. The van der Waals surface area contributed by atoms with Crippen LogP contribution in [0.1, 0.15) is 16.2 Å². The summed E-state index contributed by atoms with van der Waals surface area (Å²) in [4.78, 5) is 32.2. The van der Waals surface area contributed by atoms with E-state index in [-0.39, 0.29) is 24.6 Å². The molecule has 0 saturated carbocycles. The van der Waals surface area contributed by atoms with E-state index in [0.29, 0.717) is 5.69 Å². The average Bonchev–Trinajstić information content (AvgIpc) is 3.02. The van der Waals surface area contributed by atoms with Gasteiger partial charge in [0, 0.05) is 13.6 Å². The Balaban J connectivity index is 2.02. The summed E-state index contributed by atoms with van der Waals surface area (Å²) in [6, 6.07) is 1.31. The third-order valence-electron chi connectivity index (χ3n) is 3.10. The first kappa shape index (κ1) is 16.1. The normalized spacial score (nSPS) is 10.5. The Morgan fingerprint density at radius 3 is 2.61 bits per heavy atom. The Kier molecular flexibility index (Phi) is 4.34. The number of nitro groups is 2. The highest BCUT2D eigenvalue weighted by atomic mass is 16.6. The van der Waals surface area contributed by atoms with E-state index in [1.165, 1.54) is 17.8 Å². The van der Waals surface area contributed by atoms with Crippen molar-refractivity contribution in [3.05, 3.63) is 43.9 Å². The van der Waals surface area contributed by atoms with E-state index < -0.39 is 21.4 Å². The Labute approximate surface area is 129 Å². The Morgan fingerprint density at radius 1 is 1.35 bits per heavy atom. The molecule has 23 heavy (non-hydrogen) atoms. The van der Waals surface area contributed by atoms with Gasteiger partial charge in [0.2, 0.25) is 5.69 Å². The van der Waals surface area contributed by atoms with Crippen molar-refractivity contribution in [1.29, 1.82) is 0 Å². The molecule has 0 atom stereocenters. The Morgan fingerprint density at radius 2 is 2.04 bits per heavy atom. The van der Waals surface area contributed by atoms with Gasteiger partial charge in [-0.2, -0.15) is 9.78 Å². The molecule has 0 spiro atoms. The lowest BCUT2D eigenvalue weighted by molar-refractivity contribution is -0.389. The quantitative estimate of drug-likeness (QED) is 0.587. The van der Waals surface area contributed by atoms with Crippen molar-refractivity contribution in [3.63, 3.8) is 0 Å². The van der Waals surface area contributed by atoms with Crippen LogP contribution in [-0.2, 0) is 13.6 Å². The van der Waals surface area contributed by atoms with Crippen molar-refractivity contribution in [2.75, 3.05) is 6.54 Å². The molecule has 2 aromatic heterocycles. The first-order valence-corrected chi connectivity index (χ1v) is 6.44. The number of nitrogens with zero attached hydrogens (tertiary/aromatic N) is 6. The molecule has 122 valence electrons. The summed E-state index contributed by atoms with van der Waals surface area (Å²) in [6.45, 7) is 1.94. The average molecular weight is 323 g/mol.